The van der Waals surface area contributed by atoms with Gasteiger partial charge in [-0.1, -0.05) is 13.0 Å². The molecule has 1 heterocycles. The van der Waals surface area contributed by atoms with Crippen molar-refractivity contribution in [2.75, 3.05) is 19.0 Å². The smallest absolute Gasteiger partial charge is 0.128 e. The van der Waals surface area contributed by atoms with Crippen LogP contribution < -0.4 is 10.1 Å². The minimum atomic E-state index is -0.301. The highest BCUT2D eigenvalue weighted by Gasteiger charge is 2.09. The number of benzene rings is 1. The molecule has 1 aromatic heterocycles. The molecule has 19 heavy (non-hydrogen) atoms. The Balaban J connectivity index is 2.38. The lowest BCUT2D eigenvalue weighted by Crippen LogP contribution is -2.02. The second-order valence-electron chi connectivity index (χ2n) is 4.18. The van der Waals surface area contributed by atoms with Crippen LogP contribution in [0.3, 0.4) is 0 Å². The summed E-state index contributed by atoms with van der Waals surface area (Å²) in [5.41, 5.74) is 1.35. The van der Waals surface area contributed by atoms with Gasteiger partial charge in [-0.2, -0.15) is 0 Å². The standard InChI is InChI=1S/C15H17FN2O/c1-3-9-17-15-6-4-5-13(18-15)12-10-11(16)7-8-14(12)19-2/h4-8,10H,3,9H2,1-2H3,(H,17,18). The van der Waals surface area contributed by atoms with E-state index >= 15 is 0 Å². The molecule has 0 saturated carbocycles. The molecule has 100 valence electrons. The van der Waals surface area contributed by atoms with Crippen molar-refractivity contribution in [2.24, 2.45) is 0 Å². The predicted molar refractivity (Wildman–Crippen MR) is 75.0 cm³/mol. The van der Waals surface area contributed by atoms with Crippen LogP contribution >= 0.6 is 0 Å². The Morgan fingerprint density at radius 2 is 2.11 bits per heavy atom. The first-order valence-electron chi connectivity index (χ1n) is 6.29. The number of aromatic nitrogens is 1. The van der Waals surface area contributed by atoms with E-state index in [0.717, 1.165) is 18.8 Å². The number of halogens is 1. The van der Waals surface area contributed by atoms with E-state index in [4.69, 9.17) is 4.74 Å². The van der Waals surface area contributed by atoms with Crippen molar-refractivity contribution in [3.63, 3.8) is 0 Å². The van der Waals surface area contributed by atoms with Crippen molar-refractivity contribution in [3.8, 4) is 17.0 Å². The van der Waals surface area contributed by atoms with Gasteiger partial charge in [0.1, 0.15) is 17.4 Å². The van der Waals surface area contributed by atoms with Crippen LogP contribution in [0, 0.1) is 5.82 Å². The van der Waals surface area contributed by atoms with Crippen molar-refractivity contribution >= 4 is 5.82 Å². The number of rotatable bonds is 5. The zero-order valence-electron chi connectivity index (χ0n) is 11.1. The Bertz CT molecular complexity index is 558. The van der Waals surface area contributed by atoms with Crippen molar-refractivity contribution in [3.05, 3.63) is 42.2 Å². The first-order chi connectivity index (χ1) is 9.24. The number of nitrogens with one attached hydrogen (secondary N) is 1. The van der Waals surface area contributed by atoms with Crippen molar-refractivity contribution in [1.29, 1.82) is 0 Å². The molecule has 0 saturated heterocycles. The van der Waals surface area contributed by atoms with Crippen LogP contribution in [0.25, 0.3) is 11.3 Å². The summed E-state index contributed by atoms with van der Waals surface area (Å²) >= 11 is 0. The Morgan fingerprint density at radius 3 is 2.84 bits per heavy atom. The Labute approximate surface area is 112 Å². The van der Waals surface area contributed by atoms with Gasteiger partial charge in [0.15, 0.2) is 0 Å². The second-order valence-corrected chi connectivity index (χ2v) is 4.18. The summed E-state index contributed by atoms with van der Waals surface area (Å²) in [6.07, 6.45) is 1.02. The maximum atomic E-state index is 13.4. The number of hydrogen-bond donors (Lipinski definition) is 1. The van der Waals surface area contributed by atoms with Crippen LogP contribution in [0.2, 0.25) is 0 Å². The minimum absolute atomic E-state index is 0.301. The van der Waals surface area contributed by atoms with Gasteiger partial charge in [0.2, 0.25) is 0 Å². The summed E-state index contributed by atoms with van der Waals surface area (Å²) in [7, 11) is 1.57. The van der Waals surface area contributed by atoms with E-state index in [9.17, 15) is 4.39 Å². The molecule has 3 nitrogen and oxygen atoms in total. The van der Waals surface area contributed by atoms with E-state index in [1.165, 1.54) is 12.1 Å². The van der Waals surface area contributed by atoms with Crippen LogP contribution in [0.1, 0.15) is 13.3 Å². The monoisotopic (exact) mass is 260 g/mol. The van der Waals surface area contributed by atoms with E-state index in [2.05, 4.69) is 17.2 Å². The molecule has 0 spiro atoms. The fraction of sp³-hybridized carbons (Fsp3) is 0.267. The highest BCUT2D eigenvalue weighted by atomic mass is 19.1. The summed E-state index contributed by atoms with van der Waals surface area (Å²) in [4.78, 5) is 4.47. The highest BCUT2D eigenvalue weighted by Crippen LogP contribution is 2.29. The van der Waals surface area contributed by atoms with Crippen molar-refractivity contribution < 1.29 is 9.13 Å². The molecule has 1 aromatic carbocycles. The van der Waals surface area contributed by atoms with Gasteiger partial charge in [0.05, 0.1) is 12.8 Å². The third-order valence-electron chi connectivity index (χ3n) is 2.74. The van der Waals surface area contributed by atoms with E-state index in [0.29, 0.717) is 17.0 Å². The maximum absolute atomic E-state index is 13.4. The minimum Gasteiger partial charge on any atom is -0.496 e. The molecule has 0 radical (unpaired) electrons. The van der Waals surface area contributed by atoms with Crippen molar-refractivity contribution in [2.45, 2.75) is 13.3 Å². The summed E-state index contributed by atoms with van der Waals surface area (Å²) in [6.45, 7) is 2.95. The zero-order chi connectivity index (χ0) is 13.7. The van der Waals surface area contributed by atoms with Crippen LogP contribution in [0.4, 0.5) is 10.2 Å². The number of anilines is 1. The summed E-state index contributed by atoms with van der Waals surface area (Å²) < 4.78 is 18.6. The number of nitrogens with zero attached hydrogens (tertiary/aromatic N) is 1. The molecule has 2 rings (SSSR count). The van der Waals surface area contributed by atoms with Gasteiger partial charge in [-0.15, -0.1) is 0 Å². The van der Waals surface area contributed by atoms with Gasteiger partial charge < -0.3 is 10.1 Å². The van der Waals surface area contributed by atoms with E-state index in [-0.39, 0.29) is 5.82 Å². The molecule has 0 aliphatic rings. The third-order valence-corrected chi connectivity index (χ3v) is 2.74. The van der Waals surface area contributed by atoms with Gasteiger partial charge in [0.25, 0.3) is 0 Å². The fourth-order valence-corrected chi connectivity index (χ4v) is 1.82. The third kappa shape index (κ3) is 3.22. The molecular formula is C15H17FN2O. The summed E-state index contributed by atoms with van der Waals surface area (Å²) in [6, 6.07) is 10.1. The number of hydrogen-bond acceptors (Lipinski definition) is 3. The van der Waals surface area contributed by atoms with E-state index < -0.39 is 0 Å². The molecule has 0 atom stereocenters. The van der Waals surface area contributed by atoms with Crippen LogP contribution in [-0.2, 0) is 0 Å². The maximum Gasteiger partial charge on any atom is 0.128 e. The first-order valence-corrected chi connectivity index (χ1v) is 6.29. The molecule has 0 aliphatic heterocycles. The quantitative estimate of drug-likeness (QED) is 0.889. The van der Waals surface area contributed by atoms with Crippen LogP contribution in [-0.4, -0.2) is 18.6 Å². The second kappa shape index (κ2) is 6.18. The highest BCUT2D eigenvalue weighted by molar-refractivity contribution is 5.68. The van der Waals surface area contributed by atoms with Gasteiger partial charge in [0, 0.05) is 12.1 Å². The fourth-order valence-electron chi connectivity index (χ4n) is 1.82. The lowest BCUT2D eigenvalue weighted by molar-refractivity contribution is 0.415. The molecule has 1 N–H and O–H groups in total. The molecule has 0 amide bonds. The topological polar surface area (TPSA) is 34.1 Å². The number of ether oxygens (including phenoxy) is 1. The molecule has 4 heteroatoms. The predicted octanol–water partition coefficient (Wildman–Crippen LogP) is 3.72. The summed E-state index contributed by atoms with van der Waals surface area (Å²) in [5.74, 6) is 1.09. The van der Waals surface area contributed by atoms with Crippen LogP contribution in [0.15, 0.2) is 36.4 Å². The van der Waals surface area contributed by atoms with E-state index in [1.807, 2.05) is 18.2 Å². The number of pyridine rings is 1. The molecule has 0 aliphatic carbocycles. The van der Waals surface area contributed by atoms with Gasteiger partial charge in [-0.25, -0.2) is 9.37 Å². The first kappa shape index (κ1) is 13.3. The number of methoxy groups -OCH3 is 1. The zero-order valence-corrected chi connectivity index (χ0v) is 11.1. The lowest BCUT2D eigenvalue weighted by atomic mass is 10.1. The van der Waals surface area contributed by atoms with Crippen molar-refractivity contribution in [1.82, 2.24) is 4.98 Å². The Morgan fingerprint density at radius 1 is 1.26 bits per heavy atom. The molecule has 0 bridgehead atoms. The molecular weight excluding hydrogens is 243 g/mol. The Kier molecular flexibility index (Phi) is 4.34. The summed E-state index contributed by atoms with van der Waals surface area (Å²) in [5, 5.41) is 3.21. The largest absolute Gasteiger partial charge is 0.496 e. The van der Waals surface area contributed by atoms with Gasteiger partial charge in [-0.05, 0) is 36.8 Å². The lowest BCUT2D eigenvalue weighted by Gasteiger charge is -2.10. The average Bonchev–Trinajstić information content (AvgIpc) is 2.45. The Hall–Kier alpha value is -2.10. The SMILES string of the molecule is CCCNc1cccc(-c2cc(F)ccc2OC)n1. The normalized spacial score (nSPS) is 10.3. The average molecular weight is 260 g/mol. The molecule has 2 aromatic rings. The molecule has 0 unspecified atom stereocenters. The molecule has 0 fully saturated rings. The van der Waals surface area contributed by atoms with Gasteiger partial charge in [-0.3, -0.25) is 0 Å². The van der Waals surface area contributed by atoms with Gasteiger partial charge >= 0.3 is 0 Å². The van der Waals surface area contributed by atoms with Crippen LogP contribution in [0.5, 0.6) is 5.75 Å². The van der Waals surface area contributed by atoms with E-state index in [1.54, 1.807) is 13.2 Å².